The van der Waals surface area contributed by atoms with Crippen LogP contribution in [-0.2, 0) is 4.79 Å². The first-order chi connectivity index (χ1) is 13.0. The molecule has 0 bridgehead atoms. The number of amides is 2. The third-order valence-corrected chi connectivity index (χ3v) is 3.93. The van der Waals surface area contributed by atoms with Gasteiger partial charge in [-0.3, -0.25) is 9.59 Å². The fourth-order valence-electron chi connectivity index (χ4n) is 2.58. The molecule has 6 nitrogen and oxygen atoms in total. The van der Waals surface area contributed by atoms with E-state index in [2.05, 4.69) is 10.6 Å². The number of anilines is 1. The Balaban J connectivity index is 2.16. The molecule has 0 aliphatic heterocycles. The Kier molecular flexibility index (Phi) is 6.95. The summed E-state index contributed by atoms with van der Waals surface area (Å²) in [5.74, 6) is -0.379. The molecule has 2 amide bonds. The van der Waals surface area contributed by atoms with Gasteiger partial charge in [-0.15, -0.1) is 0 Å². The predicted molar refractivity (Wildman–Crippen MR) is 103 cm³/mol. The van der Waals surface area contributed by atoms with E-state index in [1.54, 1.807) is 48.5 Å². The minimum absolute atomic E-state index is 0.132. The molecule has 0 saturated heterocycles. The molecule has 6 heteroatoms. The SMILES string of the molecule is CCOc1ccccc1C(=O)N[C@H](C(=O)Nc1cccc(C#N)c1)C(C)C. The summed E-state index contributed by atoms with van der Waals surface area (Å²) < 4.78 is 5.49. The van der Waals surface area contributed by atoms with Gasteiger partial charge < -0.3 is 15.4 Å². The first-order valence-corrected chi connectivity index (χ1v) is 8.80. The van der Waals surface area contributed by atoms with Crippen LogP contribution in [0.5, 0.6) is 5.75 Å². The van der Waals surface area contributed by atoms with E-state index in [-0.39, 0.29) is 17.7 Å². The highest BCUT2D eigenvalue weighted by molar-refractivity contribution is 6.02. The number of carbonyl (C=O) groups excluding carboxylic acids is 2. The lowest BCUT2D eigenvalue weighted by molar-refractivity contribution is -0.118. The Morgan fingerprint density at radius 1 is 1.15 bits per heavy atom. The summed E-state index contributed by atoms with van der Waals surface area (Å²) in [7, 11) is 0. The smallest absolute Gasteiger partial charge is 0.255 e. The largest absolute Gasteiger partial charge is 0.493 e. The number of hydrogen-bond acceptors (Lipinski definition) is 4. The van der Waals surface area contributed by atoms with Crippen LogP contribution < -0.4 is 15.4 Å². The maximum atomic E-state index is 12.7. The van der Waals surface area contributed by atoms with E-state index >= 15 is 0 Å². The predicted octanol–water partition coefficient (Wildman–Crippen LogP) is 3.35. The lowest BCUT2D eigenvalue weighted by atomic mass is 10.0. The fourth-order valence-corrected chi connectivity index (χ4v) is 2.58. The number of para-hydroxylation sites is 1. The molecule has 27 heavy (non-hydrogen) atoms. The summed E-state index contributed by atoms with van der Waals surface area (Å²) in [6, 6.07) is 14.8. The minimum atomic E-state index is -0.738. The van der Waals surface area contributed by atoms with Gasteiger partial charge in [0.2, 0.25) is 5.91 Å². The summed E-state index contributed by atoms with van der Waals surface area (Å²) in [6.07, 6.45) is 0. The van der Waals surface area contributed by atoms with Gasteiger partial charge in [-0.05, 0) is 43.2 Å². The van der Waals surface area contributed by atoms with Crippen molar-refractivity contribution in [3.05, 3.63) is 59.7 Å². The number of ether oxygens (including phenoxy) is 1. The number of nitrogens with one attached hydrogen (secondary N) is 2. The van der Waals surface area contributed by atoms with Crippen molar-refractivity contribution in [2.45, 2.75) is 26.8 Å². The molecule has 0 unspecified atom stereocenters. The lowest BCUT2D eigenvalue weighted by Crippen LogP contribution is -2.47. The van der Waals surface area contributed by atoms with E-state index < -0.39 is 6.04 Å². The molecule has 0 aliphatic rings. The number of carbonyl (C=O) groups is 2. The van der Waals surface area contributed by atoms with Crippen molar-refractivity contribution in [2.24, 2.45) is 5.92 Å². The van der Waals surface area contributed by atoms with E-state index in [4.69, 9.17) is 10.00 Å². The highest BCUT2D eigenvalue weighted by atomic mass is 16.5. The molecule has 0 saturated carbocycles. The van der Waals surface area contributed by atoms with Crippen LogP contribution in [0.4, 0.5) is 5.69 Å². The van der Waals surface area contributed by atoms with Crippen molar-refractivity contribution in [3.63, 3.8) is 0 Å². The van der Waals surface area contributed by atoms with E-state index in [1.165, 1.54) is 0 Å². The molecule has 2 rings (SSSR count). The summed E-state index contributed by atoms with van der Waals surface area (Å²) in [5, 5.41) is 14.5. The molecule has 2 aromatic carbocycles. The molecule has 140 valence electrons. The number of benzene rings is 2. The average Bonchev–Trinajstić information content (AvgIpc) is 2.66. The zero-order chi connectivity index (χ0) is 19.8. The maximum absolute atomic E-state index is 12.7. The Labute approximate surface area is 159 Å². The number of nitriles is 1. The van der Waals surface area contributed by atoms with Gasteiger partial charge in [0.05, 0.1) is 23.8 Å². The third-order valence-electron chi connectivity index (χ3n) is 3.93. The Hall–Kier alpha value is -3.33. The van der Waals surface area contributed by atoms with Gasteiger partial charge in [0.25, 0.3) is 5.91 Å². The molecule has 0 heterocycles. The van der Waals surface area contributed by atoms with Crippen LogP contribution in [0.15, 0.2) is 48.5 Å². The van der Waals surface area contributed by atoms with Crippen molar-refractivity contribution in [3.8, 4) is 11.8 Å². The molecule has 0 spiro atoms. The van der Waals surface area contributed by atoms with E-state index in [1.807, 2.05) is 26.8 Å². The van der Waals surface area contributed by atoms with Crippen LogP contribution in [0.25, 0.3) is 0 Å². The fraction of sp³-hybridized carbons (Fsp3) is 0.286. The first-order valence-electron chi connectivity index (χ1n) is 8.80. The Morgan fingerprint density at radius 2 is 1.89 bits per heavy atom. The molecule has 2 aromatic rings. The second kappa shape index (κ2) is 9.39. The molecular formula is C21H23N3O3. The number of hydrogen-bond donors (Lipinski definition) is 2. The summed E-state index contributed by atoms with van der Waals surface area (Å²) in [6.45, 7) is 5.98. The monoisotopic (exact) mass is 365 g/mol. The topological polar surface area (TPSA) is 91.2 Å². The van der Waals surface area contributed by atoms with Crippen LogP contribution >= 0.6 is 0 Å². The van der Waals surface area contributed by atoms with E-state index in [9.17, 15) is 9.59 Å². The summed E-state index contributed by atoms with van der Waals surface area (Å²) in [5.41, 5.74) is 1.33. The van der Waals surface area contributed by atoms with Crippen LogP contribution in [-0.4, -0.2) is 24.5 Å². The molecular weight excluding hydrogens is 342 g/mol. The summed E-state index contributed by atoms with van der Waals surface area (Å²) >= 11 is 0. The van der Waals surface area contributed by atoms with E-state index in [0.717, 1.165) is 0 Å². The van der Waals surface area contributed by atoms with Crippen molar-refractivity contribution in [1.29, 1.82) is 5.26 Å². The van der Waals surface area contributed by atoms with Gasteiger partial charge in [-0.2, -0.15) is 5.26 Å². The standard InChI is InChI=1S/C21H23N3O3/c1-4-27-18-11-6-5-10-17(18)20(25)24-19(14(2)3)21(26)23-16-9-7-8-15(12-16)13-22/h5-12,14,19H,4H2,1-3H3,(H,23,26)(H,24,25)/t19-/m0/s1. The van der Waals surface area contributed by atoms with Gasteiger partial charge in [0.15, 0.2) is 0 Å². The molecule has 0 aliphatic carbocycles. The first kappa shape index (κ1) is 20.0. The third kappa shape index (κ3) is 5.32. The van der Waals surface area contributed by atoms with Gasteiger partial charge in [-0.25, -0.2) is 0 Å². The second-order valence-electron chi connectivity index (χ2n) is 6.31. The van der Waals surface area contributed by atoms with Crippen LogP contribution in [0, 0.1) is 17.2 Å². The second-order valence-corrected chi connectivity index (χ2v) is 6.31. The molecule has 0 aromatic heterocycles. The minimum Gasteiger partial charge on any atom is -0.493 e. The van der Waals surface area contributed by atoms with Crippen LogP contribution in [0.2, 0.25) is 0 Å². The molecule has 0 radical (unpaired) electrons. The molecule has 0 fully saturated rings. The van der Waals surface area contributed by atoms with Gasteiger partial charge >= 0.3 is 0 Å². The Morgan fingerprint density at radius 3 is 2.56 bits per heavy atom. The van der Waals surface area contributed by atoms with Crippen LogP contribution in [0.3, 0.4) is 0 Å². The molecule has 1 atom stereocenters. The Bertz CT molecular complexity index is 856. The van der Waals surface area contributed by atoms with Crippen molar-refractivity contribution in [2.75, 3.05) is 11.9 Å². The van der Waals surface area contributed by atoms with Crippen LogP contribution in [0.1, 0.15) is 36.7 Å². The highest BCUT2D eigenvalue weighted by Crippen LogP contribution is 2.19. The maximum Gasteiger partial charge on any atom is 0.255 e. The normalized spacial score (nSPS) is 11.4. The highest BCUT2D eigenvalue weighted by Gasteiger charge is 2.26. The number of rotatable bonds is 7. The van der Waals surface area contributed by atoms with Gasteiger partial charge in [0.1, 0.15) is 11.8 Å². The summed E-state index contributed by atoms with van der Waals surface area (Å²) in [4.78, 5) is 25.4. The quantitative estimate of drug-likeness (QED) is 0.787. The van der Waals surface area contributed by atoms with Gasteiger partial charge in [-0.1, -0.05) is 32.0 Å². The number of nitrogens with zero attached hydrogens (tertiary/aromatic N) is 1. The van der Waals surface area contributed by atoms with Crippen molar-refractivity contribution < 1.29 is 14.3 Å². The van der Waals surface area contributed by atoms with Crippen molar-refractivity contribution >= 4 is 17.5 Å². The zero-order valence-electron chi connectivity index (χ0n) is 15.7. The lowest BCUT2D eigenvalue weighted by Gasteiger charge is -2.22. The van der Waals surface area contributed by atoms with Gasteiger partial charge in [0, 0.05) is 5.69 Å². The van der Waals surface area contributed by atoms with E-state index in [0.29, 0.717) is 29.2 Å². The molecule has 2 N–H and O–H groups in total. The average molecular weight is 365 g/mol. The zero-order valence-corrected chi connectivity index (χ0v) is 15.7. The van der Waals surface area contributed by atoms with Crippen molar-refractivity contribution in [1.82, 2.24) is 5.32 Å².